The van der Waals surface area contributed by atoms with Crippen LogP contribution in [0.1, 0.15) is 39.5 Å². The van der Waals surface area contributed by atoms with Crippen LogP contribution in [0.25, 0.3) is 0 Å². The van der Waals surface area contributed by atoms with Crippen LogP contribution >= 0.6 is 0 Å². The first-order valence-electron chi connectivity index (χ1n) is 3.93. The molecule has 1 unspecified atom stereocenters. The Labute approximate surface area is 63.5 Å². The predicted octanol–water partition coefficient (Wildman–Crippen LogP) is 2.54. The molecular formula is C9H16O. The van der Waals surface area contributed by atoms with Gasteiger partial charge in [-0.25, -0.2) is 0 Å². The molecule has 0 aliphatic carbocycles. The Hall–Kier alpha value is -0.640. The maximum atomic E-state index is 8.18. The molecule has 0 saturated heterocycles. The summed E-state index contributed by atoms with van der Waals surface area (Å²) in [5.74, 6) is 3.30. The number of aliphatic hydroxyl groups is 1. The Morgan fingerprint density at radius 2 is 2.20 bits per heavy atom. The van der Waals surface area contributed by atoms with Gasteiger partial charge in [0.05, 0.1) is 0 Å². The highest BCUT2D eigenvalue weighted by atomic mass is 16.2. The molecule has 0 spiro atoms. The largest absolute Gasteiger partial charge is 0.462 e. The third kappa shape index (κ3) is 5.50. The molecule has 0 aromatic heterocycles. The Morgan fingerprint density at radius 1 is 1.50 bits per heavy atom. The van der Waals surface area contributed by atoms with Crippen molar-refractivity contribution in [2.24, 2.45) is 5.92 Å². The average molecular weight is 140 g/mol. The van der Waals surface area contributed by atoms with E-state index in [0.29, 0.717) is 5.92 Å². The molecular weight excluding hydrogens is 124 g/mol. The van der Waals surface area contributed by atoms with Crippen molar-refractivity contribution in [1.82, 2.24) is 0 Å². The molecule has 0 radical (unpaired) electrons. The van der Waals surface area contributed by atoms with Gasteiger partial charge in [-0.3, -0.25) is 0 Å². The summed E-state index contributed by atoms with van der Waals surface area (Å²) in [7, 11) is 0. The summed E-state index contributed by atoms with van der Waals surface area (Å²) in [5, 5.41) is 8.18. The SMILES string of the molecule is CCCCC(C)CC#CO. The van der Waals surface area contributed by atoms with E-state index in [2.05, 4.69) is 19.8 Å². The van der Waals surface area contributed by atoms with E-state index in [1.54, 1.807) is 0 Å². The first-order valence-corrected chi connectivity index (χ1v) is 3.93. The van der Waals surface area contributed by atoms with Crippen LogP contribution in [0.4, 0.5) is 0 Å². The second-order valence-corrected chi connectivity index (χ2v) is 2.74. The van der Waals surface area contributed by atoms with Gasteiger partial charge < -0.3 is 5.11 Å². The van der Waals surface area contributed by atoms with Gasteiger partial charge in [0.25, 0.3) is 0 Å². The minimum absolute atomic E-state index is 0.639. The van der Waals surface area contributed by atoms with Crippen LogP contribution in [-0.2, 0) is 0 Å². The normalized spacial score (nSPS) is 11.8. The molecule has 0 aliphatic rings. The Kier molecular flexibility index (Phi) is 6.06. The highest BCUT2D eigenvalue weighted by molar-refractivity contribution is 4.90. The van der Waals surface area contributed by atoms with Crippen molar-refractivity contribution in [1.29, 1.82) is 0 Å². The van der Waals surface area contributed by atoms with E-state index in [1.165, 1.54) is 19.3 Å². The van der Waals surface area contributed by atoms with Crippen LogP contribution in [0, 0.1) is 17.9 Å². The quantitative estimate of drug-likeness (QED) is 0.595. The molecule has 58 valence electrons. The Bertz CT molecular complexity index is 118. The second-order valence-electron chi connectivity index (χ2n) is 2.74. The van der Waals surface area contributed by atoms with Crippen molar-refractivity contribution in [2.45, 2.75) is 39.5 Å². The van der Waals surface area contributed by atoms with Crippen LogP contribution in [0.3, 0.4) is 0 Å². The Morgan fingerprint density at radius 3 is 2.70 bits per heavy atom. The van der Waals surface area contributed by atoms with Gasteiger partial charge in [-0.2, -0.15) is 0 Å². The molecule has 1 atom stereocenters. The average Bonchev–Trinajstić information content (AvgIpc) is 1.97. The summed E-state index contributed by atoms with van der Waals surface area (Å²) in [6.07, 6.45) is 6.50. The van der Waals surface area contributed by atoms with Crippen LogP contribution < -0.4 is 0 Å². The Balaban J connectivity index is 3.21. The maximum absolute atomic E-state index is 8.18. The standard InChI is InChI=1S/C9H16O/c1-3-4-6-9(2)7-5-8-10/h9-10H,3-4,6-7H2,1-2H3. The van der Waals surface area contributed by atoms with Gasteiger partial charge >= 0.3 is 0 Å². The third-order valence-electron chi connectivity index (χ3n) is 1.58. The van der Waals surface area contributed by atoms with Crippen LogP contribution in [-0.4, -0.2) is 5.11 Å². The lowest BCUT2D eigenvalue weighted by molar-refractivity contribution is 0.500. The van der Waals surface area contributed by atoms with Crippen LogP contribution in [0.15, 0.2) is 0 Å². The molecule has 1 N–H and O–H groups in total. The molecule has 0 aromatic carbocycles. The molecule has 0 amide bonds. The lowest BCUT2D eigenvalue weighted by Gasteiger charge is -2.03. The zero-order valence-electron chi connectivity index (χ0n) is 6.85. The summed E-state index contributed by atoms with van der Waals surface area (Å²) in [4.78, 5) is 0. The van der Waals surface area contributed by atoms with Crippen molar-refractivity contribution in [3.63, 3.8) is 0 Å². The van der Waals surface area contributed by atoms with Gasteiger partial charge in [-0.15, -0.1) is 0 Å². The molecule has 1 heteroatoms. The van der Waals surface area contributed by atoms with E-state index in [0.717, 1.165) is 6.42 Å². The van der Waals surface area contributed by atoms with Crippen LogP contribution in [0.5, 0.6) is 0 Å². The van der Waals surface area contributed by atoms with Gasteiger partial charge in [0.2, 0.25) is 0 Å². The van der Waals surface area contributed by atoms with Gasteiger partial charge in [-0.1, -0.05) is 32.6 Å². The highest BCUT2D eigenvalue weighted by Gasteiger charge is 1.97. The van der Waals surface area contributed by atoms with Crippen molar-refractivity contribution in [2.75, 3.05) is 0 Å². The topological polar surface area (TPSA) is 20.2 Å². The fourth-order valence-electron chi connectivity index (χ4n) is 0.875. The molecule has 0 fully saturated rings. The number of hydrogen-bond acceptors (Lipinski definition) is 1. The molecule has 0 heterocycles. The summed E-state index contributed by atoms with van der Waals surface area (Å²) in [5.41, 5.74) is 0. The lowest BCUT2D eigenvalue weighted by Crippen LogP contribution is -1.91. The van der Waals surface area contributed by atoms with Gasteiger partial charge in [0.1, 0.15) is 6.11 Å². The highest BCUT2D eigenvalue weighted by Crippen LogP contribution is 2.10. The number of aliphatic hydroxyl groups excluding tert-OH is 1. The molecule has 1 nitrogen and oxygen atoms in total. The van der Waals surface area contributed by atoms with Crippen molar-refractivity contribution >= 4 is 0 Å². The van der Waals surface area contributed by atoms with Crippen LogP contribution in [0.2, 0.25) is 0 Å². The second kappa shape index (κ2) is 6.48. The van der Waals surface area contributed by atoms with Crippen molar-refractivity contribution in [3.8, 4) is 12.0 Å². The van der Waals surface area contributed by atoms with E-state index < -0.39 is 0 Å². The van der Waals surface area contributed by atoms with Gasteiger partial charge in [0, 0.05) is 6.42 Å². The maximum Gasteiger partial charge on any atom is 0.107 e. The molecule has 0 bridgehead atoms. The van der Waals surface area contributed by atoms with E-state index in [-0.39, 0.29) is 0 Å². The molecule has 0 saturated carbocycles. The van der Waals surface area contributed by atoms with E-state index in [4.69, 9.17) is 5.11 Å². The molecule has 0 aromatic rings. The summed E-state index contributed by atoms with van der Waals surface area (Å²) in [6.45, 7) is 4.35. The zero-order chi connectivity index (χ0) is 7.82. The van der Waals surface area contributed by atoms with Gasteiger partial charge in [0.15, 0.2) is 0 Å². The van der Waals surface area contributed by atoms with Crippen molar-refractivity contribution in [3.05, 3.63) is 0 Å². The third-order valence-corrected chi connectivity index (χ3v) is 1.58. The number of rotatable bonds is 4. The lowest BCUT2D eigenvalue weighted by atomic mass is 10.0. The molecule has 0 rings (SSSR count). The van der Waals surface area contributed by atoms with E-state index >= 15 is 0 Å². The first kappa shape index (κ1) is 9.36. The number of unbranched alkanes of at least 4 members (excludes halogenated alkanes) is 1. The van der Waals surface area contributed by atoms with Gasteiger partial charge in [-0.05, 0) is 12.3 Å². The summed E-state index contributed by atoms with van der Waals surface area (Å²) < 4.78 is 0. The van der Waals surface area contributed by atoms with E-state index in [1.807, 2.05) is 6.11 Å². The van der Waals surface area contributed by atoms with Crippen molar-refractivity contribution < 1.29 is 5.11 Å². The first-order chi connectivity index (χ1) is 4.81. The smallest absolute Gasteiger partial charge is 0.107 e. The molecule has 10 heavy (non-hydrogen) atoms. The summed E-state index contributed by atoms with van der Waals surface area (Å²) >= 11 is 0. The number of hydrogen-bond donors (Lipinski definition) is 1. The fourth-order valence-corrected chi connectivity index (χ4v) is 0.875. The molecule has 0 aliphatic heterocycles. The zero-order valence-corrected chi connectivity index (χ0v) is 6.85. The minimum Gasteiger partial charge on any atom is -0.462 e. The minimum atomic E-state index is 0.639. The fraction of sp³-hybridized carbons (Fsp3) is 0.778. The monoisotopic (exact) mass is 140 g/mol. The predicted molar refractivity (Wildman–Crippen MR) is 43.0 cm³/mol. The van der Waals surface area contributed by atoms with E-state index in [9.17, 15) is 0 Å². The summed E-state index contributed by atoms with van der Waals surface area (Å²) in [6, 6.07) is 0.